The number of fused-ring (bicyclic) bond motifs is 1. The highest BCUT2D eigenvalue weighted by molar-refractivity contribution is 5.98. The lowest BCUT2D eigenvalue weighted by Crippen LogP contribution is -2.33. The number of carbonyl (C=O) groups excluding carboxylic acids is 1. The number of nitrogens with zero attached hydrogens (tertiary/aromatic N) is 1. The highest BCUT2D eigenvalue weighted by Gasteiger charge is 2.35. The minimum Gasteiger partial charge on any atom is -0.466 e. The molecule has 1 aliphatic rings. The first kappa shape index (κ1) is 18.8. The zero-order valence-corrected chi connectivity index (χ0v) is 16.6. The maximum atomic E-state index is 12.5. The summed E-state index contributed by atoms with van der Waals surface area (Å²) in [5.41, 5.74) is 6.78. The molecule has 3 aromatic carbocycles. The molecule has 0 amide bonds. The Morgan fingerprint density at radius 1 is 0.931 bits per heavy atom. The molecule has 0 saturated heterocycles. The predicted octanol–water partition coefficient (Wildman–Crippen LogP) is 5.78. The van der Waals surface area contributed by atoms with E-state index in [1.807, 2.05) is 36.4 Å². The molecule has 4 rings (SSSR count). The summed E-state index contributed by atoms with van der Waals surface area (Å²) in [5.74, 6) is -0.406. The van der Waals surface area contributed by atoms with E-state index < -0.39 is 5.97 Å². The van der Waals surface area contributed by atoms with Gasteiger partial charge in [-0.05, 0) is 41.8 Å². The minimum atomic E-state index is -0.406. The smallest absolute Gasteiger partial charge is 0.335 e. The Morgan fingerprint density at radius 2 is 1.59 bits per heavy atom. The number of esters is 1. The molecule has 0 N–H and O–H groups in total. The van der Waals surface area contributed by atoms with Gasteiger partial charge < -0.3 is 9.64 Å². The fourth-order valence-electron chi connectivity index (χ4n) is 3.80. The summed E-state index contributed by atoms with van der Waals surface area (Å²) in [6.07, 6.45) is 2.17. The number of aryl methyl sites for hydroxylation is 1. The van der Waals surface area contributed by atoms with Crippen molar-refractivity contribution in [1.82, 2.24) is 0 Å². The van der Waals surface area contributed by atoms with Gasteiger partial charge in [0.15, 0.2) is 0 Å². The first-order valence-electron chi connectivity index (χ1n) is 9.59. The van der Waals surface area contributed by atoms with Crippen LogP contribution in [0.15, 0.2) is 91.0 Å². The summed E-state index contributed by atoms with van der Waals surface area (Å²) in [7, 11) is 1.40. The average Bonchev–Trinajstić information content (AvgIpc) is 2.78. The van der Waals surface area contributed by atoms with Crippen molar-refractivity contribution in [2.75, 3.05) is 12.0 Å². The molecule has 0 aromatic heterocycles. The van der Waals surface area contributed by atoms with Crippen LogP contribution in [-0.4, -0.2) is 13.1 Å². The normalized spacial score (nSPS) is 15.3. The lowest BCUT2D eigenvalue weighted by Gasteiger charge is -2.40. The standard InChI is InChI=1S/C26H23NO2/c1-18-13-15-22(16-14-18)27-24(20-9-5-4-6-10-20)17-21-11-7-8-12-23(21)25(27)19(2)26(28)29-3/h4-17,25H,2H2,1,3H3. The molecule has 144 valence electrons. The zero-order valence-electron chi connectivity index (χ0n) is 16.6. The summed E-state index contributed by atoms with van der Waals surface area (Å²) in [5, 5.41) is 0. The van der Waals surface area contributed by atoms with E-state index >= 15 is 0 Å². The number of rotatable bonds is 4. The third-order valence-corrected chi connectivity index (χ3v) is 5.26. The summed E-state index contributed by atoms with van der Waals surface area (Å²) >= 11 is 0. The number of ether oxygens (including phenoxy) is 1. The van der Waals surface area contributed by atoms with Crippen LogP contribution < -0.4 is 4.90 Å². The summed E-state index contributed by atoms with van der Waals surface area (Å²) in [6, 6.07) is 26.3. The van der Waals surface area contributed by atoms with Crippen molar-refractivity contribution in [3.05, 3.63) is 113 Å². The molecule has 1 heterocycles. The Labute approximate surface area is 171 Å². The number of carbonyl (C=O) groups is 1. The van der Waals surface area contributed by atoms with Crippen molar-refractivity contribution in [1.29, 1.82) is 0 Å². The van der Waals surface area contributed by atoms with Gasteiger partial charge in [0.1, 0.15) is 0 Å². The Hall–Kier alpha value is -3.59. The topological polar surface area (TPSA) is 29.5 Å². The molecule has 1 aliphatic heterocycles. The second-order valence-electron chi connectivity index (χ2n) is 7.15. The fourth-order valence-corrected chi connectivity index (χ4v) is 3.80. The van der Waals surface area contributed by atoms with Crippen molar-refractivity contribution in [2.45, 2.75) is 13.0 Å². The van der Waals surface area contributed by atoms with Crippen LogP contribution >= 0.6 is 0 Å². The average molecular weight is 381 g/mol. The van der Waals surface area contributed by atoms with Gasteiger partial charge in [0, 0.05) is 11.4 Å². The van der Waals surface area contributed by atoms with Gasteiger partial charge in [-0.1, -0.05) is 78.9 Å². The molecule has 0 fully saturated rings. The largest absolute Gasteiger partial charge is 0.466 e. The van der Waals surface area contributed by atoms with Gasteiger partial charge in [-0.15, -0.1) is 0 Å². The van der Waals surface area contributed by atoms with E-state index in [1.165, 1.54) is 12.7 Å². The van der Waals surface area contributed by atoms with E-state index in [0.29, 0.717) is 5.57 Å². The third kappa shape index (κ3) is 3.47. The third-order valence-electron chi connectivity index (χ3n) is 5.26. The van der Waals surface area contributed by atoms with Crippen LogP contribution in [0, 0.1) is 6.92 Å². The van der Waals surface area contributed by atoms with Crippen molar-refractivity contribution in [3.8, 4) is 0 Å². The fraction of sp³-hybridized carbons (Fsp3) is 0.115. The van der Waals surface area contributed by atoms with Crippen LogP contribution in [0.2, 0.25) is 0 Å². The quantitative estimate of drug-likeness (QED) is 0.423. The zero-order chi connectivity index (χ0) is 20.4. The first-order valence-corrected chi connectivity index (χ1v) is 9.59. The van der Waals surface area contributed by atoms with Crippen LogP contribution in [0.1, 0.15) is 28.3 Å². The maximum Gasteiger partial charge on any atom is 0.335 e. The minimum absolute atomic E-state index is 0.360. The Morgan fingerprint density at radius 3 is 2.28 bits per heavy atom. The lowest BCUT2D eigenvalue weighted by atomic mass is 9.87. The first-order chi connectivity index (χ1) is 14.1. The molecule has 3 nitrogen and oxygen atoms in total. The van der Waals surface area contributed by atoms with Gasteiger partial charge in [0.25, 0.3) is 0 Å². The van der Waals surface area contributed by atoms with Gasteiger partial charge in [0.2, 0.25) is 0 Å². The van der Waals surface area contributed by atoms with Gasteiger partial charge in [-0.3, -0.25) is 0 Å². The molecule has 0 bridgehead atoms. The number of anilines is 1. The monoisotopic (exact) mass is 381 g/mol. The lowest BCUT2D eigenvalue weighted by molar-refractivity contribution is -0.136. The number of hydrogen-bond donors (Lipinski definition) is 0. The molecular weight excluding hydrogens is 358 g/mol. The van der Waals surface area contributed by atoms with Crippen LogP contribution in [-0.2, 0) is 9.53 Å². The molecule has 29 heavy (non-hydrogen) atoms. The van der Waals surface area contributed by atoms with Gasteiger partial charge in [-0.25, -0.2) is 4.79 Å². The Bertz CT molecular complexity index is 1080. The summed E-state index contributed by atoms with van der Waals surface area (Å²) in [4.78, 5) is 14.7. The van der Waals surface area contributed by atoms with Crippen LogP contribution in [0.4, 0.5) is 5.69 Å². The molecule has 0 radical (unpaired) electrons. The van der Waals surface area contributed by atoms with Crippen LogP contribution in [0.5, 0.6) is 0 Å². The Kier molecular flexibility index (Phi) is 5.05. The molecule has 0 spiro atoms. The van der Waals surface area contributed by atoms with E-state index in [4.69, 9.17) is 4.74 Å². The summed E-state index contributed by atoms with van der Waals surface area (Å²) < 4.78 is 5.04. The van der Waals surface area contributed by atoms with Crippen molar-refractivity contribution >= 4 is 23.4 Å². The number of hydrogen-bond acceptors (Lipinski definition) is 3. The molecule has 3 heteroatoms. The number of benzene rings is 3. The van der Waals surface area contributed by atoms with Gasteiger partial charge in [0.05, 0.1) is 18.7 Å². The molecule has 0 saturated carbocycles. The molecule has 1 atom stereocenters. The molecule has 3 aromatic rings. The van der Waals surface area contributed by atoms with E-state index in [2.05, 4.69) is 66.9 Å². The molecular formula is C26H23NO2. The number of methoxy groups -OCH3 is 1. The second-order valence-corrected chi connectivity index (χ2v) is 7.15. The Balaban J connectivity index is 1.98. The highest BCUT2D eigenvalue weighted by Crippen LogP contribution is 2.44. The van der Waals surface area contributed by atoms with Gasteiger partial charge >= 0.3 is 5.97 Å². The van der Waals surface area contributed by atoms with E-state index in [0.717, 1.165) is 28.1 Å². The predicted molar refractivity (Wildman–Crippen MR) is 118 cm³/mol. The summed E-state index contributed by atoms with van der Waals surface area (Å²) in [6.45, 7) is 6.19. The SMILES string of the molecule is C=C(C(=O)OC)C1c2ccccc2C=C(c2ccccc2)N1c1ccc(C)cc1. The van der Waals surface area contributed by atoms with Crippen molar-refractivity contribution in [2.24, 2.45) is 0 Å². The van der Waals surface area contributed by atoms with Crippen molar-refractivity contribution < 1.29 is 9.53 Å². The maximum absolute atomic E-state index is 12.5. The highest BCUT2D eigenvalue weighted by atomic mass is 16.5. The van der Waals surface area contributed by atoms with E-state index in [-0.39, 0.29) is 6.04 Å². The van der Waals surface area contributed by atoms with E-state index in [9.17, 15) is 4.79 Å². The molecule has 0 aliphatic carbocycles. The second kappa shape index (κ2) is 7.80. The van der Waals surface area contributed by atoms with Crippen LogP contribution in [0.25, 0.3) is 11.8 Å². The molecule has 1 unspecified atom stereocenters. The van der Waals surface area contributed by atoms with Crippen LogP contribution in [0.3, 0.4) is 0 Å². The van der Waals surface area contributed by atoms with Crippen molar-refractivity contribution in [3.63, 3.8) is 0 Å². The van der Waals surface area contributed by atoms with Gasteiger partial charge in [-0.2, -0.15) is 0 Å². The van der Waals surface area contributed by atoms with E-state index in [1.54, 1.807) is 0 Å².